The third kappa shape index (κ3) is 8.64. The molecule has 1 aliphatic heterocycles. The van der Waals surface area contributed by atoms with Gasteiger partial charge in [0.25, 0.3) is 0 Å². The van der Waals surface area contributed by atoms with Gasteiger partial charge in [-0.05, 0) is 59.2 Å². The highest BCUT2D eigenvalue weighted by Crippen LogP contribution is 2.29. The highest BCUT2D eigenvalue weighted by Gasteiger charge is 2.33. The molecular weight excluding hydrogens is 417 g/mol. The second kappa shape index (κ2) is 10.2. The number of alkyl halides is 3. The molecule has 1 aromatic carbocycles. The van der Waals surface area contributed by atoms with Crippen LogP contribution in [0.5, 0.6) is 5.75 Å². The van der Waals surface area contributed by atoms with Crippen LogP contribution in [-0.4, -0.2) is 54.7 Å². The predicted molar refractivity (Wildman–Crippen MR) is 107 cm³/mol. The molecule has 1 aliphatic rings. The summed E-state index contributed by atoms with van der Waals surface area (Å²) < 4.78 is 53.0. The Bertz CT molecular complexity index is 777. The molecule has 1 unspecified atom stereocenters. The van der Waals surface area contributed by atoms with Gasteiger partial charge in [-0.2, -0.15) is 0 Å². The van der Waals surface area contributed by atoms with Crippen LogP contribution in [0.2, 0.25) is 0 Å². The number of esters is 1. The molecule has 2 rings (SSSR count). The van der Waals surface area contributed by atoms with Gasteiger partial charge in [0.1, 0.15) is 11.4 Å². The first-order chi connectivity index (χ1) is 14.4. The summed E-state index contributed by atoms with van der Waals surface area (Å²) in [5.41, 5.74) is -0.362. The molecule has 1 fully saturated rings. The maximum atomic E-state index is 12.9. The number of rotatable bonds is 6. The molecule has 1 N–H and O–H groups in total. The molecule has 1 atom stereocenters. The van der Waals surface area contributed by atoms with E-state index in [0.29, 0.717) is 13.1 Å². The molecule has 174 valence electrons. The molecule has 0 saturated carbocycles. The van der Waals surface area contributed by atoms with Crippen molar-refractivity contribution in [3.8, 4) is 5.75 Å². The molecule has 0 spiro atoms. The van der Waals surface area contributed by atoms with E-state index in [1.54, 1.807) is 27.7 Å². The summed E-state index contributed by atoms with van der Waals surface area (Å²) in [5, 5.41) is 2.81. The molecular formula is C21H29F3N2O5. The van der Waals surface area contributed by atoms with Gasteiger partial charge in [0.2, 0.25) is 0 Å². The normalized spacial score (nSPS) is 17.7. The summed E-state index contributed by atoms with van der Waals surface area (Å²) in [5.74, 6) is -1.17. The van der Waals surface area contributed by atoms with Gasteiger partial charge in [0.15, 0.2) is 0 Å². The number of hydrogen-bond donors (Lipinski definition) is 1. The van der Waals surface area contributed by atoms with Crippen LogP contribution in [-0.2, 0) is 16.0 Å². The van der Waals surface area contributed by atoms with Gasteiger partial charge in [0, 0.05) is 24.7 Å². The zero-order valence-corrected chi connectivity index (χ0v) is 18.2. The molecule has 1 aromatic rings. The Kier molecular flexibility index (Phi) is 8.16. The molecule has 31 heavy (non-hydrogen) atoms. The Labute approximate surface area is 179 Å². The third-order valence-electron chi connectivity index (χ3n) is 4.42. The van der Waals surface area contributed by atoms with Gasteiger partial charge in [-0.1, -0.05) is 6.07 Å². The van der Waals surface area contributed by atoms with E-state index in [1.165, 1.54) is 12.1 Å². The Balaban J connectivity index is 2.11. The van der Waals surface area contributed by atoms with E-state index in [2.05, 4.69) is 10.1 Å². The molecule has 1 heterocycles. The topological polar surface area (TPSA) is 77.1 Å². The van der Waals surface area contributed by atoms with Gasteiger partial charge in [-0.25, -0.2) is 9.59 Å². The summed E-state index contributed by atoms with van der Waals surface area (Å²) in [7, 11) is 0. The molecule has 0 aromatic heterocycles. The lowest BCUT2D eigenvalue weighted by Gasteiger charge is -2.34. The maximum absolute atomic E-state index is 12.9. The van der Waals surface area contributed by atoms with E-state index in [4.69, 9.17) is 9.47 Å². The molecule has 0 aliphatic carbocycles. The van der Waals surface area contributed by atoms with E-state index >= 15 is 0 Å². The lowest BCUT2D eigenvalue weighted by Crippen LogP contribution is -2.48. The van der Waals surface area contributed by atoms with Crippen LogP contribution in [0.15, 0.2) is 18.2 Å². The number of nitrogens with zero attached hydrogens (tertiary/aromatic N) is 1. The molecule has 10 heteroatoms. The summed E-state index contributed by atoms with van der Waals surface area (Å²) in [6.07, 6.45) is -3.93. The second-order valence-electron chi connectivity index (χ2n) is 8.31. The smallest absolute Gasteiger partial charge is 0.462 e. The number of benzene rings is 1. The van der Waals surface area contributed by atoms with Gasteiger partial charge in [-0.3, -0.25) is 4.90 Å². The zero-order valence-electron chi connectivity index (χ0n) is 18.2. The van der Waals surface area contributed by atoms with Crippen molar-refractivity contribution in [1.82, 2.24) is 10.2 Å². The fourth-order valence-electron chi connectivity index (χ4n) is 3.28. The predicted octanol–water partition coefficient (Wildman–Crippen LogP) is 4.25. The van der Waals surface area contributed by atoms with Crippen molar-refractivity contribution in [3.05, 3.63) is 29.3 Å². The SMILES string of the molecule is CCOC(=O)c1ccc(CN2CCCC(NC(=O)OC(C)(C)C)C2)c(OC(F)(F)F)c1. The largest absolute Gasteiger partial charge is 0.573 e. The van der Waals surface area contributed by atoms with E-state index in [9.17, 15) is 22.8 Å². The lowest BCUT2D eigenvalue weighted by molar-refractivity contribution is -0.275. The van der Waals surface area contributed by atoms with Gasteiger partial charge < -0.3 is 19.5 Å². The zero-order chi connectivity index (χ0) is 23.2. The highest BCUT2D eigenvalue weighted by molar-refractivity contribution is 5.90. The second-order valence-corrected chi connectivity index (χ2v) is 8.31. The standard InChI is InChI=1S/C21H29F3N2O5/c1-5-29-18(27)14-8-9-15(17(11-14)30-21(22,23)24)12-26-10-6-7-16(13-26)25-19(28)31-20(2,3)4/h8-9,11,16H,5-7,10,12-13H2,1-4H3,(H,25,28). The van der Waals surface area contributed by atoms with Crippen molar-refractivity contribution in [2.45, 2.75) is 65.1 Å². The Hall–Kier alpha value is -2.49. The van der Waals surface area contributed by atoms with Crippen molar-refractivity contribution in [1.29, 1.82) is 0 Å². The summed E-state index contributed by atoms with van der Waals surface area (Å²) in [6, 6.07) is 3.70. The Morgan fingerprint density at radius 2 is 1.94 bits per heavy atom. The van der Waals surface area contributed by atoms with Crippen LogP contribution < -0.4 is 10.1 Å². The quantitative estimate of drug-likeness (QED) is 0.659. The van der Waals surface area contributed by atoms with E-state index in [0.717, 1.165) is 18.9 Å². The number of likely N-dealkylation sites (tertiary alicyclic amines) is 1. The van der Waals surface area contributed by atoms with Gasteiger partial charge in [-0.15, -0.1) is 13.2 Å². The first-order valence-electron chi connectivity index (χ1n) is 10.1. The highest BCUT2D eigenvalue weighted by atomic mass is 19.4. The van der Waals surface area contributed by atoms with Crippen LogP contribution in [0.1, 0.15) is 56.5 Å². The van der Waals surface area contributed by atoms with E-state index in [1.807, 2.05) is 4.90 Å². The Morgan fingerprint density at radius 1 is 1.23 bits per heavy atom. The van der Waals surface area contributed by atoms with E-state index < -0.39 is 29.8 Å². The van der Waals surface area contributed by atoms with Crippen LogP contribution in [0.3, 0.4) is 0 Å². The molecule has 1 amide bonds. The van der Waals surface area contributed by atoms with Crippen molar-refractivity contribution >= 4 is 12.1 Å². The van der Waals surface area contributed by atoms with Gasteiger partial charge in [0.05, 0.1) is 12.2 Å². The first-order valence-corrected chi connectivity index (χ1v) is 10.1. The molecule has 7 nitrogen and oxygen atoms in total. The van der Waals surface area contributed by atoms with Crippen LogP contribution >= 0.6 is 0 Å². The first kappa shape index (κ1) is 24.8. The number of alkyl carbamates (subject to hydrolysis) is 1. The third-order valence-corrected chi connectivity index (χ3v) is 4.42. The van der Waals surface area contributed by atoms with Crippen LogP contribution in [0.4, 0.5) is 18.0 Å². The molecule has 1 saturated heterocycles. The monoisotopic (exact) mass is 446 g/mol. The number of carbonyl (C=O) groups excluding carboxylic acids is 2. The number of hydrogen-bond acceptors (Lipinski definition) is 6. The number of piperidine rings is 1. The molecule has 0 radical (unpaired) electrons. The number of amides is 1. The minimum atomic E-state index is -4.90. The van der Waals surface area contributed by atoms with Crippen molar-refractivity contribution in [3.63, 3.8) is 0 Å². The summed E-state index contributed by atoms with van der Waals surface area (Å²) in [6.45, 7) is 8.28. The van der Waals surface area contributed by atoms with E-state index in [-0.39, 0.29) is 30.3 Å². The number of halogens is 3. The average Bonchev–Trinajstić information content (AvgIpc) is 2.60. The van der Waals surface area contributed by atoms with Crippen LogP contribution in [0, 0.1) is 0 Å². The number of nitrogens with one attached hydrogen (secondary N) is 1. The fourth-order valence-corrected chi connectivity index (χ4v) is 3.28. The summed E-state index contributed by atoms with van der Waals surface area (Å²) >= 11 is 0. The van der Waals surface area contributed by atoms with Gasteiger partial charge >= 0.3 is 18.4 Å². The van der Waals surface area contributed by atoms with Crippen molar-refractivity contribution in [2.75, 3.05) is 19.7 Å². The van der Waals surface area contributed by atoms with Crippen molar-refractivity contribution in [2.24, 2.45) is 0 Å². The lowest BCUT2D eigenvalue weighted by atomic mass is 10.0. The minimum Gasteiger partial charge on any atom is -0.462 e. The number of carbonyl (C=O) groups is 2. The minimum absolute atomic E-state index is 0.0204. The number of ether oxygens (including phenoxy) is 3. The van der Waals surface area contributed by atoms with Crippen LogP contribution in [0.25, 0.3) is 0 Å². The van der Waals surface area contributed by atoms with Crippen molar-refractivity contribution < 1.29 is 37.0 Å². The molecule has 0 bridgehead atoms. The summed E-state index contributed by atoms with van der Waals surface area (Å²) in [4.78, 5) is 25.8. The fraction of sp³-hybridized carbons (Fsp3) is 0.619. The average molecular weight is 446 g/mol. The Morgan fingerprint density at radius 3 is 2.55 bits per heavy atom. The maximum Gasteiger partial charge on any atom is 0.573 e.